The molecule has 5 rings (SSSR count). The highest BCUT2D eigenvalue weighted by Crippen LogP contribution is 2.24. The number of likely N-dealkylation sites (N-methyl/N-ethyl adjacent to an activating group) is 1. The average molecular weight is 515 g/mol. The third-order valence-corrected chi connectivity index (χ3v) is 7.35. The summed E-state index contributed by atoms with van der Waals surface area (Å²) in [5, 5.41) is 2.89. The smallest absolute Gasteiger partial charge is 0.234 e. The second-order valence-corrected chi connectivity index (χ2v) is 10.2. The van der Waals surface area contributed by atoms with Crippen LogP contribution in [0.5, 0.6) is 5.75 Å². The summed E-state index contributed by atoms with van der Waals surface area (Å²) in [6.45, 7) is 8.45. The van der Waals surface area contributed by atoms with Crippen LogP contribution in [0.2, 0.25) is 0 Å². The molecule has 1 N–H and O–H groups in total. The van der Waals surface area contributed by atoms with Gasteiger partial charge in [-0.15, -0.1) is 0 Å². The summed E-state index contributed by atoms with van der Waals surface area (Å²) < 4.78 is 5.48. The normalized spacial score (nSPS) is 16.8. The highest BCUT2D eigenvalue weighted by Gasteiger charge is 2.18. The Morgan fingerprint density at radius 2 is 1.74 bits per heavy atom. The Balaban J connectivity index is 1.35. The molecule has 0 bridgehead atoms. The van der Waals surface area contributed by atoms with Crippen molar-refractivity contribution < 1.29 is 9.53 Å². The number of benzene rings is 2. The molecule has 2 aliphatic heterocycles. The summed E-state index contributed by atoms with van der Waals surface area (Å²) in [4.78, 5) is 25.8. The van der Waals surface area contributed by atoms with Crippen molar-refractivity contribution in [3.05, 3.63) is 83.7 Å². The third-order valence-electron chi connectivity index (χ3n) is 7.35. The maximum atomic E-state index is 11.8. The number of nitrogens with one attached hydrogen (secondary N) is 1. The molecule has 0 aliphatic carbocycles. The first-order chi connectivity index (χ1) is 18.6. The van der Waals surface area contributed by atoms with E-state index in [4.69, 9.17) is 4.74 Å². The molecule has 2 aliphatic rings. The molecular formula is C30H38N6O2. The van der Waals surface area contributed by atoms with Gasteiger partial charge in [-0.05, 0) is 54.6 Å². The van der Waals surface area contributed by atoms with Crippen LogP contribution in [0.3, 0.4) is 0 Å². The van der Waals surface area contributed by atoms with Crippen molar-refractivity contribution in [2.75, 3.05) is 69.8 Å². The van der Waals surface area contributed by atoms with Gasteiger partial charge in [0.15, 0.2) is 0 Å². The monoisotopic (exact) mass is 514 g/mol. The largest absolute Gasteiger partial charge is 0.497 e. The molecular weight excluding hydrogens is 476 g/mol. The van der Waals surface area contributed by atoms with E-state index in [0.717, 1.165) is 62.9 Å². The summed E-state index contributed by atoms with van der Waals surface area (Å²) in [6.07, 6.45) is 1.88. The predicted octanol–water partition coefficient (Wildman–Crippen LogP) is 2.98. The van der Waals surface area contributed by atoms with Crippen molar-refractivity contribution >= 4 is 17.3 Å². The molecule has 0 saturated carbocycles. The second-order valence-electron chi connectivity index (χ2n) is 10.2. The highest BCUT2D eigenvalue weighted by molar-refractivity contribution is 5.78. The van der Waals surface area contributed by atoms with Gasteiger partial charge in [0.2, 0.25) is 5.91 Å². The minimum Gasteiger partial charge on any atom is -0.497 e. The third kappa shape index (κ3) is 6.82. The molecule has 1 aromatic heterocycles. The number of hydrogen-bond donors (Lipinski definition) is 1. The van der Waals surface area contributed by atoms with Gasteiger partial charge in [0, 0.05) is 76.5 Å². The van der Waals surface area contributed by atoms with E-state index < -0.39 is 0 Å². The van der Waals surface area contributed by atoms with Crippen molar-refractivity contribution in [2.24, 2.45) is 0 Å². The van der Waals surface area contributed by atoms with E-state index in [1.807, 2.05) is 18.3 Å². The Morgan fingerprint density at radius 3 is 2.50 bits per heavy atom. The van der Waals surface area contributed by atoms with Crippen LogP contribution in [0.4, 0.5) is 11.4 Å². The van der Waals surface area contributed by atoms with Crippen LogP contribution in [0.1, 0.15) is 16.8 Å². The zero-order valence-corrected chi connectivity index (χ0v) is 22.5. The van der Waals surface area contributed by atoms with Crippen molar-refractivity contribution in [3.8, 4) is 5.75 Å². The van der Waals surface area contributed by atoms with Gasteiger partial charge in [0.05, 0.1) is 19.3 Å². The van der Waals surface area contributed by atoms with Crippen molar-refractivity contribution in [3.63, 3.8) is 0 Å². The van der Waals surface area contributed by atoms with E-state index in [1.54, 1.807) is 7.11 Å². The Kier molecular flexibility index (Phi) is 8.41. The quantitative estimate of drug-likeness (QED) is 0.471. The number of carbonyl (C=O) groups excluding carboxylic acids is 1. The van der Waals surface area contributed by atoms with Crippen LogP contribution in [-0.4, -0.2) is 80.7 Å². The molecule has 3 aromatic rings. The van der Waals surface area contributed by atoms with Crippen LogP contribution in [-0.2, 0) is 24.4 Å². The number of pyridine rings is 1. The standard InChI is InChI=1S/C30H38N6O2/c1-33-14-16-35(17-15-33)27-8-6-24(7-9-27)20-36(21-25-4-3-5-29(18-25)38-2)28-10-11-31-26(19-28)22-34-13-12-32-30(37)23-34/h3-11,18-19H,12-17,20-23H2,1-2H3,(H,32,37). The Hall–Kier alpha value is -3.62. The predicted molar refractivity (Wildman–Crippen MR) is 152 cm³/mol. The summed E-state index contributed by atoms with van der Waals surface area (Å²) in [6, 6.07) is 21.5. The number of piperazine rings is 2. The lowest BCUT2D eigenvalue weighted by molar-refractivity contribution is -0.124. The van der Waals surface area contributed by atoms with Crippen molar-refractivity contribution in [1.29, 1.82) is 0 Å². The molecule has 200 valence electrons. The number of aromatic nitrogens is 1. The topological polar surface area (TPSA) is 64.2 Å². The zero-order chi connectivity index (χ0) is 26.3. The molecule has 1 amide bonds. The molecule has 2 saturated heterocycles. The number of rotatable bonds is 9. The lowest BCUT2D eigenvalue weighted by atomic mass is 10.1. The first kappa shape index (κ1) is 26.0. The van der Waals surface area contributed by atoms with Gasteiger partial charge in [0.1, 0.15) is 5.75 Å². The van der Waals surface area contributed by atoms with Crippen LogP contribution in [0, 0.1) is 0 Å². The number of ether oxygens (including phenoxy) is 1. The Morgan fingerprint density at radius 1 is 0.947 bits per heavy atom. The first-order valence-electron chi connectivity index (χ1n) is 13.4. The van der Waals surface area contributed by atoms with Crippen LogP contribution in [0.25, 0.3) is 0 Å². The lowest BCUT2D eigenvalue weighted by Gasteiger charge is -2.34. The molecule has 0 unspecified atom stereocenters. The van der Waals surface area contributed by atoms with Gasteiger partial charge in [0.25, 0.3) is 0 Å². The lowest BCUT2D eigenvalue weighted by Crippen LogP contribution is -2.47. The highest BCUT2D eigenvalue weighted by atomic mass is 16.5. The molecule has 0 atom stereocenters. The van der Waals surface area contributed by atoms with Gasteiger partial charge in [-0.25, -0.2) is 0 Å². The Bertz CT molecular complexity index is 1210. The maximum Gasteiger partial charge on any atom is 0.234 e. The van der Waals surface area contributed by atoms with E-state index in [9.17, 15) is 4.79 Å². The van der Waals surface area contributed by atoms with Gasteiger partial charge < -0.3 is 24.8 Å². The van der Waals surface area contributed by atoms with Crippen molar-refractivity contribution in [2.45, 2.75) is 19.6 Å². The van der Waals surface area contributed by atoms with E-state index in [1.165, 1.54) is 16.8 Å². The minimum absolute atomic E-state index is 0.0760. The van der Waals surface area contributed by atoms with Gasteiger partial charge in [-0.3, -0.25) is 14.7 Å². The molecule has 2 aromatic carbocycles. The van der Waals surface area contributed by atoms with E-state index in [0.29, 0.717) is 19.6 Å². The maximum absolute atomic E-state index is 11.8. The second kappa shape index (κ2) is 12.3. The summed E-state index contributed by atoms with van der Waals surface area (Å²) in [5.41, 5.74) is 5.82. The molecule has 0 radical (unpaired) electrons. The van der Waals surface area contributed by atoms with E-state index in [2.05, 4.69) is 85.5 Å². The number of hydrogen-bond acceptors (Lipinski definition) is 7. The minimum atomic E-state index is 0.0760. The number of nitrogens with zero attached hydrogens (tertiary/aromatic N) is 5. The fourth-order valence-corrected chi connectivity index (χ4v) is 5.13. The van der Waals surface area contributed by atoms with E-state index in [-0.39, 0.29) is 5.91 Å². The average Bonchev–Trinajstić information content (AvgIpc) is 2.94. The van der Waals surface area contributed by atoms with Crippen LogP contribution >= 0.6 is 0 Å². The summed E-state index contributed by atoms with van der Waals surface area (Å²) >= 11 is 0. The number of anilines is 2. The molecule has 0 spiro atoms. The number of amides is 1. The first-order valence-corrected chi connectivity index (χ1v) is 13.4. The molecule has 38 heavy (non-hydrogen) atoms. The van der Waals surface area contributed by atoms with Gasteiger partial charge in [-0.1, -0.05) is 24.3 Å². The molecule has 8 nitrogen and oxygen atoms in total. The summed E-state index contributed by atoms with van der Waals surface area (Å²) in [5.74, 6) is 0.935. The van der Waals surface area contributed by atoms with E-state index >= 15 is 0 Å². The number of carbonyl (C=O) groups is 1. The van der Waals surface area contributed by atoms with Gasteiger partial charge >= 0.3 is 0 Å². The Labute approximate surface area is 225 Å². The fraction of sp³-hybridized carbons (Fsp3) is 0.400. The van der Waals surface area contributed by atoms with Crippen LogP contribution < -0.4 is 19.9 Å². The molecule has 2 fully saturated rings. The number of methoxy groups -OCH3 is 1. The summed E-state index contributed by atoms with van der Waals surface area (Å²) in [7, 11) is 3.89. The molecule has 8 heteroatoms. The van der Waals surface area contributed by atoms with Crippen LogP contribution in [0.15, 0.2) is 66.9 Å². The fourth-order valence-electron chi connectivity index (χ4n) is 5.13. The zero-order valence-electron chi connectivity index (χ0n) is 22.5. The van der Waals surface area contributed by atoms with Crippen molar-refractivity contribution in [1.82, 2.24) is 20.1 Å². The SMILES string of the molecule is COc1cccc(CN(Cc2ccc(N3CCN(C)CC3)cc2)c2ccnc(CN3CCNC(=O)C3)c2)c1. The molecule has 3 heterocycles. The van der Waals surface area contributed by atoms with Gasteiger partial charge in [-0.2, -0.15) is 0 Å².